The van der Waals surface area contributed by atoms with Gasteiger partial charge in [0.25, 0.3) is 0 Å². The van der Waals surface area contributed by atoms with Crippen LogP contribution in [-0.2, 0) is 17.8 Å². The van der Waals surface area contributed by atoms with Gasteiger partial charge < -0.3 is 10.3 Å². The van der Waals surface area contributed by atoms with Crippen molar-refractivity contribution in [3.63, 3.8) is 0 Å². The summed E-state index contributed by atoms with van der Waals surface area (Å²) in [4.78, 5) is 31.6. The van der Waals surface area contributed by atoms with E-state index in [0.29, 0.717) is 19.5 Å². The number of aromatic amines is 1. The third kappa shape index (κ3) is 4.04. The summed E-state index contributed by atoms with van der Waals surface area (Å²) in [7, 11) is 0. The Morgan fingerprint density at radius 1 is 1.11 bits per heavy atom. The highest BCUT2D eigenvalue weighted by Gasteiger charge is 2.09. The molecule has 7 heteroatoms. The third-order valence-corrected chi connectivity index (χ3v) is 5.42. The molecule has 0 saturated heterocycles. The van der Waals surface area contributed by atoms with Gasteiger partial charge in [-0.3, -0.25) is 9.36 Å². The van der Waals surface area contributed by atoms with Gasteiger partial charge in [0.2, 0.25) is 5.91 Å². The molecule has 142 valence electrons. The van der Waals surface area contributed by atoms with Crippen molar-refractivity contribution in [1.82, 2.24) is 19.9 Å². The fourth-order valence-electron chi connectivity index (χ4n) is 3.12. The summed E-state index contributed by atoms with van der Waals surface area (Å²) in [5, 5.41) is 5.75. The van der Waals surface area contributed by atoms with Crippen LogP contribution in [0.3, 0.4) is 0 Å². The number of para-hydroxylation sites is 2. The number of imidazole rings is 1. The maximum absolute atomic E-state index is 12.2. The fourth-order valence-corrected chi connectivity index (χ4v) is 3.95. The number of amides is 1. The lowest BCUT2D eigenvalue weighted by Crippen LogP contribution is -2.28. The van der Waals surface area contributed by atoms with Gasteiger partial charge in [0.15, 0.2) is 0 Å². The minimum atomic E-state index is -0.122. The van der Waals surface area contributed by atoms with Crippen LogP contribution in [0.15, 0.2) is 64.8 Å². The largest absolute Gasteiger partial charge is 0.356 e. The average Bonchev–Trinajstić information content (AvgIpc) is 3.30. The van der Waals surface area contributed by atoms with Crippen LogP contribution < -0.4 is 11.0 Å². The number of nitrogens with one attached hydrogen (secondary N) is 2. The number of benzene rings is 2. The summed E-state index contributed by atoms with van der Waals surface area (Å²) in [6, 6.07) is 17.5. The van der Waals surface area contributed by atoms with Crippen molar-refractivity contribution in [1.29, 1.82) is 0 Å². The highest BCUT2D eigenvalue weighted by Crippen LogP contribution is 2.23. The van der Waals surface area contributed by atoms with Crippen molar-refractivity contribution in [2.45, 2.75) is 19.4 Å². The lowest BCUT2D eigenvalue weighted by atomic mass is 10.2. The van der Waals surface area contributed by atoms with E-state index in [9.17, 15) is 9.59 Å². The van der Waals surface area contributed by atoms with Crippen LogP contribution in [-0.4, -0.2) is 27.0 Å². The number of carbonyl (C=O) groups is 1. The maximum Gasteiger partial charge on any atom is 0.326 e. The van der Waals surface area contributed by atoms with Gasteiger partial charge in [-0.1, -0.05) is 42.5 Å². The Kier molecular flexibility index (Phi) is 5.34. The van der Waals surface area contributed by atoms with Crippen LogP contribution in [0.1, 0.15) is 12.1 Å². The average molecular weight is 392 g/mol. The number of aryl methyl sites for hydroxylation is 1. The molecule has 0 bridgehead atoms. The molecule has 4 rings (SSSR count). The van der Waals surface area contributed by atoms with Crippen molar-refractivity contribution in [3.05, 3.63) is 76.2 Å². The normalized spacial score (nSPS) is 11.0. The molecule has 1 amide bonds. The zero-order chi connectivity index (χ0) is 19.3. The van der Waals surface area contributed by atoms with Crippen LogP contribution in [0.5, 0.6) is 0 Å². The minimum absolute atomic E-state index is 0.0591. The first kappa shape index (κ1) is 18.2. The Hall–Kier alpha value is -3.19. The summed E-state index contributed by atoms with van der Waals surface area (Å²) in [5.41, 5.74) is 3.42. The van der Waals surface area contributed by atoms with Crippen molar-refractivity contribution in [3.8, 4) is 10.6 Å². The number of fused-ring (bicyclic) bond motifs is 1. The van der Waals surface area contributed by atoms with Crippen LogP contribution in [0.4, 0.5) is 0 Å². The van der Waals surface area contributed by atoms with Crippen LogP contribution in [0, 0.1) is 0 Å². The monoisotopic (exact) mass is 392 g/mol. The molecular weight excluding hydrogens is 372 g/mol. The van der Waals surface area contributed by atoms with Crippen LogP contribution in [0.25, 0.3) is 21.6 Å². The number of hydrogen-bond acceptors (Lipinski definition) is 4. The van der Waals surface area contributed by atoms with E-state index in [2.05, 4.69) is 15.3 Å². The molecule has 2 aromatic heterocycles. The first-order valence-electron chi connectivity index (χ1n) is 9.15. The molecule has 0 unspecified atom stereocenters. The number of hydrogen-bond donors (Lipinski definition) is 2. The number of aromatic nitrogens is 3. The topological polar surface area (TPSA) is 79.8 Å². The van der Waals surface area contributed by atoms with Gasteiger partial charge in [-0.15, -0.1) is 11.3 Å². The van der Waals surface area contributed by atoms with Crippen molar-refractivity contribution in [2.24, 2.45) is 0 Å². The molecule has 0 aliphatic carbocycles. The van der Waals surface area contributed by atoms with Gasteiger partial charge in [0.05, 0.1) is 23.1 Å². The van der Waals surface area contributed by atoms with Gasteiger partial charge >= 0.3 is 5.69 Å². The van der Waals surface area contributed by atoms with Gasteiger partial charge in [-0.25, -0.2) is 9.78 Å². The predicted octanol–water partition coefficient (Wildman–Crippen LogP) is 3.20. The molecule has 2 N–H and O–H groups in total. The third-order valence-electron chi connectivity index (χ3n) is 4.48. The summed E-state index contributed by atoms with van der Waals surface area (Å²) in [6.45, 7) is 1.07. The first-order valence-corrected chi connectivity index (χ1v) is 10.0. The van der Waals surface area contributed by atoms with Crippen molar-refractivity contribution >= 4 is 28.3 Å². The summed E-state index contributed by atoms with van der Waals surface area (Å²) in [5.74, 6) is -0.0591. The zero-order valence-corrected chi connectivity index (χ0v) is 16.0. The summed E-state index contributed by atoms with van der Waals surface area (Å²) < 4.78 is 1.70. The van der Waals surface area contributed by atoms with E-state index in [4.69, 9.17) is 0 Å². The van der Waals surface area contributed by atoms with E-state index in [-0.39, 0.29) is 18.0 Å². The molecular formula is C21H20N4O2S. The molecule has 0 spiro atoms. The second-order valence-electron chi connectivity index (χ2n) is 6.49. The molecule has 0 aliphatic rings. The molecule has 6 nitrogen and oxygen atoms in total. The standard InChI is InChI=1S/C21H20N4O2S/c26-19(13-16-14-28-20(23-16)15-7-2-1-3-8-15)22-11-6-12-25-18-10-5-4-9-17(18)24-21(25)27/h1-5,7-10,14H,6,11-13H2,(H,22,26)(H,24,27). The van der Waals surface area contributed by atoms with Gasteiger partial charge in [-0.05, 0) is 18.6 Å². The molecule has 2 aromatic carbocycles. The zero-order valence-electron chi connectivity index (χ0n) is 15.2. The van der Waals surface area contributed by atoms with Gasteiger partial charge in [0, 0.05) is 24.0 Å². The fraction of sp³-hybridized carbons (Fsp3) is 0.190. The van der Waals surface area contributed by atoms with E-state index >= 15 is 0 Å². The number of nitrogens with zero attached hydrogens (tertiary/aromatic N) is 2. The molecule has 0 fully saturated rings. The molecule has 28 heavy (non-hydrogen) atoms. The van der Waals surface area contributed by atoms with E-state index in [0.717, 1.165) is 27.3 Å². The predicted molar refractivity (Wildman–Crippen MR) is 111 cm³/mol. The molecule has 2 heterocycles. The molecule has 0 radical (unpaired) electrons. The summed E-state index contributed by atoms with van der Waals surface area (Å²) >= 11 is 1.54. The van der Waals surface area contributed by atoms with E-state index in [1.807, 2.05) is 60.0 Å². The van der Waals surface area contributed by atoms with Crippen molar-refractivity contribution in [2.75, 3.05) is 6.54 Å². The Balaban J connectivity index is 1.28. The molecule has 4 aromatic rings. The number of carbonyl (C=O) groups excluding carboxylic acids is 1. The number of thiazole rings is 1. The quantitative estimate of drug-likeness (QED) is 0.474. The van der Waals surface area contributed by atoms with E-state index in [1.54, 1.807) is 15.9 Å². The van der Waals surface area contributed by atoms with Crippen LogP contribution in [0.2, 0.25) is 0 Å². The number of rotatable bonds is 7. The van der Waals surface area contributed by atoms with Crippen molar-refractivity contribution < 1.29 is 4.79 Å². The Morgan fingerprint density at radius 2 is 1.89 bits per heavy atom. The number of H-pyrrole nitrogens is 1. The van der Waals surface area contributed by atoms with E-state index < -0.39 is 0 Å². The lowest BCUT2D eigenvalue weighted by Gasteiger charge is -2.05. The lowest BCUT2D eigenvalue weighted by molar-refractivity contribution is -0.120. The highest BCUT2D eigenvalue weighted by atomic mass is 32.1. The Labute approximate surface area is 165 Å². The summed E-state index contributed by atoms with van der Waals surface area (Å²) in [6.07, 6.45) is 0.941. The molecule has 0 atom stereocenters. The minimum Gasteiger partial charge on any atom is -0.356 e. The maximum atomic E-state index is 12.2. The Bertz CT molecular complexity index is 1140. The highest BCUT2D eigenvalue weighted by molar-refractivity contribution is 7.13. The SMILES string of the molecule is O=C(Cc1csc(-c2ccccc2)n1)NCCCn1c(=O)[nH]c2ccccc21. The van der Waals surface area contributed by atoms with Gasteiger partial charge in [-0.2, -0.15) is 0 Å². The second kappa shape index (κ2) is 8.22. The van der Waals surface area contributed by atoms with Crippen LogP contribution >= 0.6 is 11.3 Å². The smallest absolute Gasteiger partial charge is 0.326 e. The Morgan fingerprint density at radius 3 is 2.75 bits per heavy atom. The molecule has 0 saturated carbocycles. The first-order chi connectivity index (χ1) is 13.7. The van der Waals surface area contributed by atoms with Gasteiger partial charge in [0.1, 0.15) is 5.01 Å². The van der Waals surface area contributed by atoms with E-state index in [1.165, 1.54) is 0 Å². The second-order valence-corrected chi connectivity index (χ2v) is 7.35. The molecule has 0 aliphatic heterocycles.